The average molecular weight is 337 g/mol. The van der Waals surface area contributed by atoms with Crippen molar-refractivity contribution < 1.29 is 4.79 Å². The molecule has 0 saturated heterocycles. The number of rotatable bonds is 6. The lowest BCUT2D eigenvalue weighted by Crippen LogP contribution is -2.34. The molecule has 0 radical (unpaired) electrons. The summed E-state index contributed by atoms with van der Waals surface area (Å²) < 4.78 is 0. The van der Waals surface area contributed by atoms with Gasteiger partial charge in [-0.05, 0) is 42.3 Å². The minimum absolute atomic E-state index is 0.0515. The topological polar surface area (TPSA) is 41.1 Å². The van der Waals surface area contributed by atoms with E-state index in [2.05, 4.69) is 10.6 Å². The van der Waals surface area contributed by atoms with E-state index in [0.717, 1.165) is 11.1 Å². The molecule has 1 amide bonds. The van der Waals surface area contributed by atoms with Gasteiger partial charge >= 0.3 is 0 Å². The SMILES string of the molecule is C[C@H](NCC(=O)NCc1cccc(Cl)c1)c1cccc(Cl)c1. The summed E-state index contributed by atoms with van der Waals surface area (Å²) in [7, 11) is 0. The van der Waals surface area contributed by atoms with Crippen LogP contribution in [0.4, 0.5) is 0 Å². The second-order valence-electron chi connectivity index (χ2n) is 5.06. The maximum Gasteiger partial charge on any atom is 0.234 e. The van der Waals surface area contributed by atoms with Crippen molar-refractivity contribution >= 4 is 29.1 Å². The first-order chi connectivity index (χ1) is 10.5. The quantitative estimate of drug-likeness (QED) is 0.838. The van der Waals surface area contributed by atoms with Gasteiger partial charge < -0.3 is 10.6 Å². The molecular weight excluding hydrogens is 319 g/mol. The summed E-state index contributed by atoms with van der Waals surface area (Å²) in [5.41, 5.74) is 2.03. The summed E-state index contributed by atoms with van der Waals surface area (Å²) in [6.07, 6.45) is 0. The number of carbonyl (C=O) groups excluding carboxylic acids is 1. The van der Waals surface area contributed by atoms with Gasteiger partial charge in [-0.15, -0.1) is 0 Å². The van der Waals surface area contributed by atoms with E-state index in [1.165, 1.54) is 0 Å². The van der Waals surface area contributed by atoms with Gasteiger partial charge in [0.25, 0.3) is 0 Å². The Kier molecular flexibility index (Phi) is 6.25. The fraction of sp³-hybridized carbons (Fsp3) is 0.235. The number of amides is 1. The summed E-state index contributed by atoms with van der Waals surface area (Å²) >= 11 is 11.9. The van der Waals surface area contributed by atoms with E-state index in [9.17, 15) is 4.79 Å². The summed E-state index contributed by atoms with van der Waals surface area (Å²) in [6, 6.07) is 15.1. The summed E-state index contributed by atoms with van der Waals surface area (Å²) in [5.74, 6) is -0.0612. The van der Waals surface area contributed by atoms with Gasteiger partial charge in [-0.2, -0.15) is 0 Å². The number of nitrogens with one attached hydrogen (secondary N) is 2. The van der Waals surface area contributed by atoms with Crippen LogP contribution in [-0.2, 0) is 11.3 Å². The molecule has 2 rings (SSSR count). The molecule has 0 fully saturated rings. The third-order valence-electron chi connectivity index (χ3n) is 3.30. The van der Waals surface area contributed by atoms with Crippen LogP contribution >= 0.6 is 23.2 Å². The Morgan fingerprint density at radius 3 is 2.45 bits per heavy atom. The first-order valence-corrected chi connectivity index (χ1v) is 7.80. The van der Waals surface area contributed by atoms with Crippen LogP contribution in [0.5, 0.6) is 0 Å². The van der Waals surface area contributed by atoms with Crippen molar-refractivity contribution in [2.75, 3.05) is 6.54 Å². The third kappa shape index (κ3) is 5.34. The molecule has 0 aliphatic carbocycles. The number of carbonyl (C=O) groups is 1. The number of hydrogen-bond acceptors (Lipinski definition) is 2. The van der Waals surface area contributed by atoms with Crippen molar-refractivity contribution in [2.24, 2.45) is 0 Å². The van der Waals surface area contributed by atoms with Crippen molar-refractivity contribution in [2.45, 2.75) is 19.5 Å². The Morgan fingerprint density at radius 2 is 1.77 bits per heavy atom. The second-order valence-corrected chi connectivity index (χ2v) is 5.94. The second kappa shape index (κ2) is 8.18. The van der Waals surface area contributed by atoms with Crippen LogP contribution in [0.25, 0.3) is 0 Å². The standard InChI is InChI=1S/C17H18Cl2N2O/c1-12(14-5-3-7-16(19)9-14)20-11-17(22)21-10-13-4-2-6-15(18)8-13/h2-9,12,20H,10-11H2,1H3,(H,21,22)/t12-/m0/s1. The minimum Gasteiger partial charge on any atom is -0.351 e. The fourth-order valence-electron chi connectivity index (χ4n) is 2.05. The van der Waals surface area contributed by atoms with Crippen LogP contribution in [0.1, 0.15) is 24.1 Å². The van der Waals surface area contributed by atoms with E-state index in [1.54, 1.807) is 6.07 Å². The van der Waals surface area contributed by atoms with Gasteiger partial charge in [0, 0.05) is 22.6 Å². The molecule has 0 heterocycles. The smallest absolute Gasteiger partial charge is 0.234 e. The van der Waals surface area contributed by atoms with E-state index in [-0.39, 0.29) is 18.5 Å². The zero-order chi connectivity index (χ0) is 15.9. The Hall–Kier alpha value is -1.55. The first kappa shape index (κ1) is 16.8. The largest absolute Gasteiger partial charge is 0.351 e. The van der Waals surface area contributed by atoms with Crippen LogP contribution in [0.2, 0.25) is 10.0 Å². The Morgan fingerprint density at radius 1 is 1.09 bits per heavy atom. The molecule has 0 aromatic heterocycles. The Labute approximate surface area is 140 Å². The molecule has 2 aromatic carbocycles. The number of benzene rings is 2. The molecule has 22 heavy (non-hydrogen) atoms. The molecule has 0 unspecified atom stereocenters. The fourth-order valence-corrected chi connectivity index (χ4v) is 2.46. The highest BCUT2D eigenvalue weighted by Crippen LogP contribution is 2.17. The number of hydrogen-bond donors (Lipinski definition) is 2. The maximum atomic E-state index is 11.9. The summed E-state index contributed by atoms with van der Waals surface area (Å²) in [6.45, 7) is 2.71. The van der Waals surface area contributed by atoms with E-state index in [1.807, 2.05) is 49.4 Å². The first-order valence-electron chi connectivity index (χ1n) is 7.04. The summed E-state index contributed by atoms with van der Waals surface area (Å²) in [4.78, 5) is 11.9. The van der Waals surface area contributed by atoms with Gasteiger partial charge in [0.15, 0.2) is 0 Å². The minimum atomic E-state index is -0.0612. The van der Waals surface area contributed by atoms with Gasteiger partial charge in [0.2, 0.25) is 5.91 Å². The lowest BCUT2D eigenvalue weighted by Gasteiger charge is -2.14. The zero-order valence-corrected chi connectivity index (χ0v) is 13.8. The number of halogens is 2. The van der Waals surface area contributed by atoms with Crippen molar-refractivity contribution in [1.29, 1.82) is 0 Å². The third-order valence-corrected chi connectivity index (χ3v) is 3.77. The van der Waals surface area contributed by atoms with E-state index >= 15 is 0 Å². The van der Waals surface area contributed by atoms with Crippen LogP contribution in [0.3, 0.4) is 0 Å². The van der Waals surface area contributed by atoms with Crippen LogP contribution in [-0.4, -0.2) is 12.5 Å². The highest BCUT2D eigenvalue weighted by atomic mass is 35.5. The lowest BCUT2D eigenvalue weighted by atomic mass is 10.1. The van der Waals surface area contributed by atoms with Gasteiger partial charge in [-0.3, -0.25) is 4.79 Å². The van der Waals surface area contributed by atoms with Crippen molar-refractivity contribution in [3.63, 3.8) is 0 Å². The molecule has 116 valence electrons. The monoisotopic (exact) mass is 336 g/mol. The molecule has 0 aliphatic rings. The molecule has 0 bridgehead atoms. The van der Waals surface area contributed by atoms with Crippen LogP contribution < -0.4 is 10.6 Å². The zero-order valence-electron chi connectivity index (χ0n) is 12.3. The molecule has 2 N–H and O–H groups in total. The lowest BCUT2D eigenvalue weighted by molar-refractivity contribution is -0.120. The van der Waals surface area contributed by atoms with Crippen molar-refractivity contribution in [1.82, 2.24) is 10.6 Å². The van der Waals surface area contributed by atoms with Crippen molar-refractivity contribution in [3.05, 3.63) is 69.7 Å². The maximum absolute atomic E-state index is 11.9. The van der Waals surface area contributed by atoms with Crippen LogP contribution in [0, 0.1) is 0 Å². The van der Waals surface area contributed by atoms with E-state index in [0.29, 0.717) is 16.6 Å². The van der Waals surface area contributed by atoms with Gasteiger partial charge in [0.05, 0.1) is 6.54 Å². The molecule has 0 saturated carbocycles. The summed E-state index contributed by atoms with van der Waals surface area (Å²) in [5, 5.41) is 7.39. The molecule has 0 spiro atoms. The Balaban J connectivity index is 1.78. The highest BCUT2D eigenvalue weighted by molar-refractivity contribution is 6.30. The van der Waals surface area contributed by atoms with Gasteiger partial charge in [-0.1, -0.05) is 47.5 Å². The predicted molar refractivity (Wildman–Crippen MR) is 91.2 cm³/mol. The average Bonchev–Trinajstić information content (AvgIpc) is 2.50. The van der Waals surface area contributed by atoms with Gasteiger partial charge in [-0.25, -0.2) is 0 Å². The molecule has 0 aliphatic heterocycles. The molecule has 1 atom stereocenters. The highest BCUT2D eigenvalue weighted by Gasteiger charge is 2.08. The van der Waals surface area contributed by atoms with E-state index in [4.69, 9.17) is 23.2 Å². The van der Waals surface area contributed by atoms with Gasteiger partial charge in [0.1, 0.15) is 0 Å². The molecular formula is C17H18Cl2N2O. The Bertz CT molecular complexity index is 646. The van der Waals surface area contributed by atoms with Crippen LogP contribution in [0.15, 0.2) is 48.5 Å². The molecule has 5 heteroatoms. The normalized spacial score (nSPS) is 12.0. The van der Waals surface area contributed by atoms with E-state index < -0.39 is 0 Å². The van der Waals surface area contributed by atoms with Crippen molar-refractivity contribution in [3.8, 4) is 0 Å². The molecule has 2 aromatic rings. The predicted octanol–water partition coefficient (Wildman–Crippen LogP) is 3.96. The molecule has 3 nitrogen and oxygen atoms in total.